The van der Waals surface area contributed by atoms with E-state index in [-0.39, 0.29) is 5.92 Å². The van der Waals surface area contributed by atoms with Gasteiger partial charge in [-0.05, 0) is 32.4 Å². The quantitative estimate of drug-likeness (QED) is 0.566. The number of hydrogen-bond acceptors (Lipinski definition) is 1. The number of likely N-dealkylation sites (tertiary alicyclic amines) is 1. The van der Waals surface area contributed by atoms with Crippen LogP contribution in [0.3, 0.4) is 0 Å². The largest absolute Gasteiger partial charge is 0.303 e. The van der Waals surface area contributed by atoms with E-state index in [1.54, 1.807) is 0 Å². The highest BCUT2D eigenvalue weighted by atomic mass is 19.1. The molecule has 11 heavy (non-hydrogen) atoms. The summed E-state index contributed by atoms with van der Waals surface area (Å²) in [5.41, 5.74) is -0.924. The molecule has 0 aromatic heterocycles. The van der Waals surface area contributed by atoms with Crippen molar-refractivity contribution >= 4 is 0 Å². The van der Waals surface area contributed by atoms with Crippen molar-refractivity contribution in [2.45, 2.75) is 32.4 Å². The molecule has 1 nitrogen and oxygen atoms in total. The monoisotopic (exact) mass is 159 g/mol. The van der Waals surface area contributed by atoms with Gasteiger partial charge in [0, 0.05) is 6.54 Å². The van der Waals surface area contributed by atoms with Crippen LogP contribution in [0.1, 0.15) is 26.7 Å². The van der Waals surface area contributed by atoms with Crippen LogP contribution in [0.4, 0.5) is 4.39 Å². The van der Waals surface area contributed by atoms with Crippen LogP contribution < -0.4 is 0 Å². The molecule has 0 aliphatic carbocycles. The molecule has 0 saturated carbocycles. The molecule has 1 saturated heterocycles. The van der Waals surface area contributed by atoms with E-state index in [0.29, 0.717) is 6.54 Å². The summed E-state index contributed by atoms with van der Waals surface area (Å²) >= 11 is 0. The van der Waals surface area contributed by atoms with Gasteiger partial charge < -0.3 is 4.90 Å². The molecule has 1 aliphatic rings. The Hall–Kier alpha value is -0.110. The zero-order chi connectivity index (χ0) is 8.48. The first-order valence-corrected chi connectivity index (χ1v) is 4.42. The Morgan fingerprint density at radius 3 is 2.45 bits per heavy atom. The van der Waals surface area contributed by atoms with Crippen molar-refractivity contribution in [3.05, 3.63) is 0 Å². The molecule has 0 bridgehead atoms. The Bertz CT molecular complexity index is 136. The number of halogens is 1. The van der Waals surface area contributed by atoms with Crippen molar-refractivity contribution in [2.24, 2.45) is 5.92 Å². The van der Waals surface area contributed by atoms with E-state index in [1.807, 2.05) is 20.9 Å². The van der Waals surface area contributed by atoms with Crippen LogP contribution in [-0.2, 0) is 0 Å². The maximum absolute atomic E-state index is 13.9. The first-order chi connectivity index (χ1) is 5.04. The van der Waals surface area contributed by atoms with Crippen LogP contribution in [0.25, 0.3) is 0 Å². The molecule has 1 aliphatic heterocycles. The van der Waals surface area contributed by atoms with Crippen molar-refractivity contribution in [3.8, 4) is 0 Å². The highest BCUT2D eigenvalue weighted by Crippen LogP contribution is 2.31. The Balaban J connectivity index is 2.55. The van der Waals surface area contributed by atoms with Gasteiger partial charge in [0.2, 0.25) is 0 Å². The summed E-state index contributed by atoms with van der Waals surface area (Å²) in [4.78, 5) is 2.09. The fourth-order valence-electron chi connectivity index (χ4n) is 1.72. The fraction of sp³-hybridized carbons (Fsp3) is 1.00. The summed E-state index contributed by atoms with van der Waals surface area (Å²) in [5.74, 6) is 0.158. The topological polar surface area (TPSA) is 3.24 Å². The molecular formula is C9H18FN. The van der Waals surface area contributed by atoms with E-state index in [1.165, 1.54) is 0 Å². The van der Waals surface area contributed by atoms with E-state index in [2.05, 4.69) is 4.90 Å². The standard InChI is InChI=1S/C9H18FN/c1-8(2)9(10)5-4-6-11(3)7-9/h8H,4-7H2,1-3H3. The summed E-state index contributed by atoms with van der Waals surface area (Å²) in [6, 6.07) is 0. The minimum Gasteiger partial charge on any atom is -0.303 e. The molecule has 0 radical (unpaired) electrons. The Labute approximate surface area is 68.6 Å². The predicted octanol–water partition coefficient (Wildman–Crippen LogP) is 2.08. The molecule has 2 heteroatoms. The lowest BCUT2D eigenvalue weighted by atomic mass is 9.85. The van der Waals surface area contributed by atoms with Crippen molar-refractivity contribution in [3.63, 3.8) is 0 Å². The van der Waals surface area contributed by atoms with Gasteiger partial charge in [0.15, 0.2) is 0 Å². The molecule has 1 rings (SSSR count). The first kappa shape index (κ1) is 8.98. The maximum Gasteiger partial charge on any atom is 0.126 e. The van der Waals surface area contributed by atoms with E-state index in [0.717, 1.165) is 19.4 Å². The molecule has 0 aromatic rings. The van der Waals surface area contributed by atoms with Crippen molar-refractivity contribution < 1.29 is 4.39 Å². The van der Waals surface area contributed by atoms with E-state index in [4.69, 9.17) is 0 Å². The normalized spacial score (nSPS) is 34.6. The van der Waals surface area contributed by atoms with Crippen molar-refractivity contribution in [2.75, 3.05) is 20.1 Å². The van der Waals surface area contributed by atoms with Gasteiger partial charge in [0.1, 0.15) is 5.67 Å². The van der Waals surface area contributed by atoms with Crippen LogP contribution in [0.2, 0.25) is 0 Å². The number of hydrogen-bond donors (Lipinski definition) is 0. The Morgan fingerprint density at radius 2 is 2.09 bits per heavy atom. The van der Waals surface area contributed by atoms with Gasteiger partial charge >= 0.3 is 0 Å². The molecule has 0 spiro atoms. The summed E-state index contributed by atoms with van der Waals surface area (Å²) in [5, 5.41) is 0. The number of rotatable bonds is 1. The average Bonchev–Trinajstić information content (AvgIpc) is 1.86. The molecule has 66 valence electrons. The Kier molecular flexibility index (Phi) is 2.53. The smallest absolute Gasteiger partial charge is 0.126 e. The zero-order valence-corrected chi connectivity index (χ0v) is 7.73. The fourth-order valence-corrected chi connectivity index (χ4v) is 1.72. The second kappa shape index (κ2) is 3.10. The van der Waals surface area contributed by atoms with Crippen LogP contribution in [0.15, 0.2) is 0 Å². The van der Waals surface area contributed by atoms with E-state index < -0.39 is 5.67 Å². The molecule has 1 atom stereocenters. The van der Waals surface area contributed by atoms with Gasteiger partial charge in [-0.3, -0.25) is 0 Å². The van der Waals surface area contributed by atoms with E-state index >= 15 is 0 Å². The lowest BCUT2D eigenvalue weighted by Gasteiger charge is -2.38. The SMILES string of the molecule is CC(C)C1(F)CCCN(C)C1. The van der Waals surface area contributed by atoms with Gasteiger partial charge in [0.25, 0.3) is 0 Å². The van der Waals surface area contributed by atoms with Crippen LogP contribution in [0.5, 0.6) is 0 Å². The minimum absolute atomic E-state index is 0.158. The highest BCUT2D eigenvalue weighted by molar-refractivity contribution is 4.88. The van der Waals surface area contributed by atoms with Crippen molar-refractivity contribution in [1.82, 2.24) is 4.90 Å². The first-order valence-electron chi connectivity index (χ1n) is 4.42. The number of nitrogens with zero attached hydrogens (tertiary/aromatic N) is 1. The number of alkyl halides is 1. The third-order valence-electron chi connectivity index (χ3n) is 2.70. The van der Waals surface area contributed by atoms with Gasteiger partial charge in [-0.25, -0.2) is 4.39 Å². The minimum atomic E-state index is -0.924. The lowest BCUT2D eigenvalue weighted by Crippen LogP contribution is -2.46. The second-order valence-corrected chi connectivity index (χ2v) is 4.03. The highest BCUT2D eigenvalue weighted by Gasteiger charge is 2.36. The molecule has 0 amide bonds. The lowest BCUT2D eigenvalue weighted by molar-refractivity contribution is 0.0186. The molecule has 1 fully saturated rings. The zero-order valence-electron chi connectivity index (χ0n) is 7.73. The third-order valence-corrected chi connectivity index (χ3v) is 2.70. The summed E-state index contributed by atoms with van der Waals surface area (Å²) in [6.07, 6.45) is 1.75. The van der Waals surface area contributed by atoms with Crippen LogP contribution >= 0.6 is 0 Å². The summed E-state index contributed by atoms with van der Waals surface area (Å²) < 4.78 is 13.9. The molecular weight excluding hydrogens is 141 g/mol. The average molecular weight is 159 g/mol. The maximum atomic E-state index is 13.9. The van der Waals surface area contributed by atoms with Gasteiger partial charge in [-0.1, -0.05) is 13.8 Å². The molecule has 0 N–H and O–H groups in total. The second-order valence-electron chi connectivity index (χ2n) is 4.03. The summed E-state index contributed by atoms with van der Waals surface area (Å²) in [6.45, 7) is 5.61. The number of piperidine rings is 1. The predicted molar refractivity (Wildman–Crippen MR) is 45.4 cm³/mol. The van der Waals surface area contributed by atoms with E-state index in [9.17, 15) is 4.39 Å². The third kappa shape index (κ3) is 1.92. The van der Waals surface area contributed by atoms with Crippen LogP contribution in [-0.4, -0.2) is 30.7 Å². The molecule has 1 unspecified atom stereocenters. The summed E-state index contributed by atoms with van der Waals surface area (Å²) in [7, 11) is 2.00. The molecule has 1 heterocycles. The van der Waals surface area contributed by atoms with Crippen molar-refractivity contribution in [1.29, 1.82) is 0 Å². The van der Waals surface area contributed by atoms with Crippen LogP contribution in [0, 0.1) is 5.92 Å². The Morgan fingerprint density at radius 1 is 1.45 bits per heavy atom. The molecule has 0 aromatic carbocycles. The van der Waals surface area contributed by atoms with Gasteiger partial charge in [-0.2, -0.15) is 0 Å². The van der Waals surface area contributed by atoms with Gasteiger partial charge in [0.05, 0.1) is 0 Å². The van der Waals surface area contributed by atoms with Gasteiger partial charge in [-0.15, -0.1) is 0 Å².